The number of carbonyl (C=O) groups excluding carboxylic acids is 1. The van der Waals surface area contributed by atoms with Crippen LogP contribution in [0.25, 0.3) is 0 Å². The van der Waals surface area contributed by atoms with Crippen molar-refractivity contribution in [1.82, 2.24) is 4.90 Å². The van der Waals surface area contributed by atoms with Gasteiger partial charge in [0, 0.05) is 34.7 Å². The highest BCUT2D eigenvalue weighted by molar-refractivity contribution is 6.35. The molecule has 24 heavy (non-hydrogen) atoms. The molecule has 2 aromatic rings. The number of halogens is 2. The van der Waals surface area contributed by atoms with Crippen LogP contribution in [0.4, 0.5) is 10.5 Å². The molecular formula is C18H18Cl2N2O2. The van der Waals surface area contributed by atoms with E-state index in [9.17, 15) is 4.79 Å². The quantitative estimate of drug-likeness (QED) is 0.835. The van der Waals surface area contributed by atoms with Crippen LogP contribution >= 0.6 is 23.2 Å². The average Bonchev–Trinajstić information content (AvgIpc) is 2.55. The predicted molar refractivity (Wildman–Crippen MR) is 97.1 cm³/mol. The highest BCUT2D eigenvalue weighted by atomic mass is 35.5. The number of hydrogen-bond donors (Lipinski definition) is 1. The first-order valence-electron chi connectivity index (χ1n) is 7.59. The molecule has 1 aliphatic heterocycles. The number of benzene rings is 2. The van der Waals surface area contributed by atoms with Gasteiger partial charge < -0.3 is 9.64 Å². The zero-order valence-corrected chi connectivity index (χ0v) is 15.0. The van der Waals surface area contributed by atoms with Crippen LogP contribution in [0.3, 0.4) is 0 Å². The molecule has 0 spiro atoms. The van der Waals surface area contributed by atoms with E-state index in [0.717, 1.165) is 24.2 Å². The maximum atomic E-state index is 11.3. The molecule has 1 amide bonds. The Labute approximate surface area is 151 Å². The SMILES string of the molecule is COC(=O)Nc1ccc(C2CN(C)Cc3c(Cl)cc(Cl)cc32)cc1. The van der Waals surface area contributed by atoms with Crippen LogP contribution in [0, 0.1) is 0 Å². The van der Waals surface area contributed by atoms with Gasteiger partial charge in [0.05, 0.1) is 7.11 Å². The summed E-state index contributed by atoms with van der Waals surface area (Å²) in [5, 5.41) is 4.01. The van der Waals surface area contributed by atoms with E-state index >= 15 is 0 Å². The first kappa shape index (κ1) is 17.1. The molecule has 1 unspecified atom stereocenters. The van der Waals surface area contributed by atoms with Gasteiger partial charge in [0.25, 0.3) is 0 Å². The summed E-state index contributed by atoms with van der Waals surface area (Å²) in [6.07, 6.45) is -0.482. The third-order valence-corrected chi connectivity index (χ3v) is 4.79. The van der Waals surface area contributed by atoms with Gasteiger partial charge in [0.15, 0.2) is 0 Å². The van der Waals surface area contributed by atoms with Crippen LogP contribution in [-0.2, 0) is 11.3 Å². The second-order valence-electron chi connectivity index (χ2n) is 5.94. The molecule has 1 atom stereocenters. The van der Waals surface area contributed by atoms with Crippen molar-refractivity contribution in [2.24, 2.45) is 0 Å². The van der Waals surface area contributed by atoms with Crippen molar-refractivity contribution < 1.29 is 9.53 Å². The molecule has 0 radical (unpaired) electrons. The van der Waals surface area contributed by atoms with Gasteiger partial charge in [-0.05, 0) is 48.0 Å². The van der Waals surface area contributed by atoms with Gasteiger partial charge in [-0.1, -0.05) is 35.3 Å². The van der Waals surface area contributed by atoms with E-state index in [1.165, 1.54) is 12.7 Å². The summed E-state index contributed by atoms with van der Waals surface area (Å²) in [6.45, 7) is 1.69. The van der Waals surface area contributed by atoms with Crippen molar-refractivity contribution in [3.63, 3.8) is 0 Å². The zero-order chi connectivity index (χ0) is 17.3. The number of carbonyl (C=O) groups is 1. The largest absolute Gasteiger partial charge is 0.453 e. The molecule has 1 aliphatic rings. The predicted octanol–water partition coefficient (Wildman–Crippen LogP) is 4.75. The molecule has 6 heteroatoms. The zero-order valence-electron chi connectivity index (χ0n) is 13.5. The molecule has 2 aromatic carbocycles. The van der Waals surface area contributed by atoms with Crippen LogP contribution in [0.15, 0.2) is 36.4 Å². The van der Waals surface area contributed by atoms with E-state index in [0.29, 0.717) is 15.7 Å². The lowest BCUT2D eigenvalue weighted by molar-refractivity contribution is 0.187. The molecule has 0 saturated heterocycles. The van der Waals surface area contributed by atoms with E-state index in [1.807, 2.05) is 30.3 Å². The summed E-state index contributed by atoms with van der Waals surface area (Å²) < 4.78 is 4.60. The minimum atomic E-state index is -0.482. The maximum Gasteiger partial charge on any atom is 0.411 e. The Bertz CT molecular complexity index is 762. The molecule has 4 nitrogen and oxygen atoms in total. The first-order chi connectivity index (χ1) is 11.5. The summed E-state index contributed by atoms with van der Waals surface area (Å²) in [7, 11) is 3.42. The molecule has 126 valence electrons. The fourth-order valence-electron chi connectivity index (χ4n) is 3.10. The maximum absolute atomic E-state index is 11.3. The van der Waals surface area contributed by atoms with Crippen molar-refractivity contribution in [2.45, 2.75) is 12.5 Å². The van der Waals surface area contributed by atoms with Gasteiger partial charge in [-0.15, -0.1) is 0 Å². The molecule has 0 fully saturated rings. The molecule has 0 bridgehead atoms. The standard InChI is InChI=1S/C18H18Cl2N2O2/c1-22-9-15(14-7-12(19)8-17(20)16(14)10-22)11-3-5-13(6-4-11)21-18(23)24-2/h3-8,15H,9-10H2,1-2H3,(H,21,23). The van der Waals surface area contributed by atoms with Crippen molar-refractivity contribution in [3.8, 4) is 0 Å². The van der Waals surface area contributed by atoms with E-state index in [4.69, 9.17) is 23.2 Å². The number of methoxy groups -OCH3 is 1. The number of amides is 1. The normalized spacial score (nSPS) is 17.2. The number of rotatable bonds is 2. The van der Waals surface area contributed by atoms with Crippen molar-refractivity contribution >= 4 is 35.0 Å². The second-order valence-corrected chi connectivity index (χ2v) is 6.79. The molecule has 0 aromatic heterocycles. The second kappa shape index (κ2) is 7.01. The van der Waals surface area contributed by atoms with Gasteiger partial charge >= 0.3 is 6.09 Å². The number of likely N-dealkylation sites (N-methyl/N-ethyl adjacent to an activating group) is 1. The Morgan fingerprint density at radius 3 is 2.62 bits per heavy atom. The van der Waals surface area contributed by atoms with Crippen LogP contribution in [0.2, 0.25) is 10.0 Å². The van der Waals surface area contributed by atoms with E-state index in [1.54, 1.807) is 6.07 Å². The average molecular weight is 365 g/mol. The minimum absolute atomic E-state index is 0.183. The molecule has 3 rings (SSSR count). The lowest BCUT2D eigenvalue weighted by Crippen LogP contribution is -2.31. The lowest BCUT2D eigenvalue weighted by atomic mass is 9.85. The highest BCUT2D eigenvalue weighted by Gasteiger charge is 2.27. The summed E-state index contributed by atoms with van der Waals surface area (Å²) in [4.78, 5) is 13.5. The number of nitrogens with zero attached hydrogens (tertiary/aromatic N) is 1. The van der Waals surface area contributed by atoms with Crippen LogP contribution in [0.1, 0.15) is 22.6 Å². The van der Waals surface area contributed by atoms with Gasteiger partial charge in [0.2, 0.25) is 0 Å². The van der Waals surface area contributed by atoms with E-state index in [2.05, 4.69) is 22.0 Å². The van der Waals surface area contributed by atoms with Crippen molar-refractivity contribution in [3.05, 3.63) is 63.1 Å². The number of anilines is 1. The lowest BCUT2D eigenvalue weighted by Gasteiger charge is -2.33. The molecular weight excluding hydrogens is 347 g/mol. The Kier molecular flexibility index (Phi) is 4.99. The van der Waals surface area contributed by atoms with Gasteiger partial charge in [-0.2, -0.15) is 0 Å². The molecule has 0 aliphatic carbocycles. The topological polar surface area (TPSA) is 41.6 Å². The summed E-state index contributed by atoms with van der Waals surface area (Å²) in [6, 6.07) is 11.5. The third kappa shape index (κ3) is 3.51. The number of fused-ring (bicyclic) bond motifs is 1. The van der Waals surface area contributed by atoms with Gasteiger partial charge in [-0.25, -0.2) is 4.79 Å². The molecule has 0 saturated carbocycles. The Hall–Kier alpha value is -1.75. The number of ether oxygens (including phenoxy) is 1. The summed E-state index contributed by atoms with van der Waals surface area (Å²) in [5.74, 6) is 0.183. The smallest absolute Gasteiger partial charge is 0.411 e. The van der Waals surface area contributed by atoms with Crippen LogP contribution in [-0.4, -0.2) is 31.7 Å². The summed E-state index contributed by atoms with van der Waals surface area (Å²) in [5.41, 5.74) is 4.13. The fraction of sp³-hybridized carbons (Fsp3) is 0.278. The molecule has 1 N–H and O–H groups in total. The summed E-state index contributed by atoms with van der Waals surface area (Å²) >= 11 is 12.6. The monoisotopic (exact) mass is 364 g/mol. The van der Waals surface area contributed by atoms with Gasteiger partial charge in [-0.3, -0.25) is 5.32 Å². The number of nitrogens with one attached hydrogen (secondary N) is 1. The fourth-order valence-corrected chi connectivity index (χ4v) is 3.67. The van der Waals surface area contributed by atoms with Crippen LogP contribution < -0.4 is 5.32 Å². The third-order valence-electron chi connectivity index (χ3n) is 4.24. The Morgan fingerprint density at radius 1 is 1.25 bits per heavy atom. The van der Waals surface area contributed by atoms with Crippen molar-refractivity contribution in [1.29, 1.82) is 0 Å². The molecule has 1 heterocycles. The van der Waals surface area contributed by atoms with E-state index < -0.39 is 6.09 Å². The number of hydrogen-bond acceptors (Lipinski definition) is 3. The van der Waals surface area contributed by atoms with Crippen molar-refractivity contribution in [2.75, 3.05) is 26.0 Å². The Balaban J connectivity index is 1.94. The Morgan fingerprint density at radius 2 is 1.96 bits per heavy atom. The highest BCUT2D eigenvalue weighted by Crippen LogP contribution is 2.38. The minimum Gasteiger partial charge on any atom is -0.453 e. The van der Waals surface area contributed by atoms with Gasteiger partial charge in [0.1, 0.15) is 0 Å². The van der Waals surface area contributed by atoms with E-state index in [-0.39, 0.29) is 5.92 Å². The first-order valence-corrected chi connectivity index (χ1v) is 8.35. The van der Waals surface area contributed by atoms with Crippen LogP contribution in [0.5, 0.6) is 0 Å².